The lowest BCUT2D eigenvalue weighted by atomic mass is 10.1. The van der Waals surface area contributed by atoms with Crippen LogP contribution in [-0.2, 0) is 6.54 Å². The predicted octanol–water partition coefficient (Wildman–Crippen LogP) is 4.44. The van der Waals surface area contributed by atoms with Gasteiger partial charge < -0.3 is 10.1 Å². The summed E-state index contributed by atoms with van der Waals surface area (Å²) >= 11 is 0. The number of aryl methyl sites for hydroxylation is 1. The van der Waals surface area contributed by atoms with Gasteiger partial charge in [-0.1, -0.05) is 12.1 Å². The van der Waals surface area contributed by atoms with Gasteiger partial charge in [0.05, 0.1) is 18.7 Å². The van der Waals surface area contributed by atoms with Crippen LogP contribution in [0.5, 0.6) is 5.75 Å². The highest BCUT2D eigenvalue weighted by Crippen LogP contribution is 2.30. The van der Waals surface area contributed by atoms with Gasteiger partial charge in [0.15, 0.2) is 0 Å². The first kappa shape index (κ1) is 18.0. The Labute approximate surface area is 133 Å². The number of anilines is 1. The van der Waals surface area contributed by atoms with E-state index < -0.39 is 31.3 Å². The van der Waals surface area contributed by atoms with E-state index in [-0.39, 0.29) is 11.3 Å². The molecule has 0 unspecified atom stereocenters. The molecular weight excluding hydrogens is 340 g/mol. The Morgan fingerprint density at radius 2 is 1.83 bits per heavy atom. The number of hydrogen-bond donors (Lipinski definition) is 1. The molecule has 0 atom stereocenters. The number of benzene rings is 1. The van der Waals surface area contributed by atoms with Crippen molar-refractivity contribution in [3.63, 3.8) is 0 Å². The third-order valence-electron chi connectivity index (χ3n) is 3.01. The van der Waals surface area contributed by atoms with E-state index in [1.807, 2.05) is 0 Å². The molecule has 0 bridgehead atoms. The van der Waals surface area contributed by atoms with Crippen LogP contribution in [-0.4, -0.2) is 29.4 Å². The predicted molar refractivity (Wildman–Crippen MR) is 74.6 cm³/mol. The van der Waals surface area contributed by atoms with Gasteiger partial charge in [-0.05, 0) is 12.1 Å². The van der Waals surface area contributed by atoms with Crippen molar-refractivity contribution >= 4 is 5.82 Å². The third-order valence-corrected chi connectivity index (χ3v) is 3.01. The lowest BCUT2D eigenvalue weighted by Gasteiger charge is -2.12. The third kappa shape index (κ3) is 5.07. The van der Waals surface area contributed by atoms with Crippen LogP contribution >= 0.6 is 0 Å². The molecule has 0 saturated carbocycles. The monoisotopic (exact) mass is 353 g/mol. The van der Waals surface area contributed by atoms with Crippen LogP contribution < -0.4 is 10.1 Å². The molecule has 1 aromatic heterocycles. The molecule has 0 aliphatic carbocycles. The number of rotatable bonds is 5. The number of halogens is 6. The van der Waals surface area contributed by atoms with Crippen molar-refractivity contribution in [3.05, 3.63) is 30.3 Å². The van der Waals surface area contributed by atoms with Gasteiger partial charge in [0.25, 0.3) is 0 Å². The summed E-state index contributed by atoms with van der Waals surface area (Å²) in [5.41, 5.74) is 0.504. The number of nitrogens with one attached hydrogen (secondary N) is 1. The van der Waals surface area contributed by atoms with Crippen molar-refractivity contribution in [2.45, 2.75) is 25.5 Å². The molecule has 2 rings (SSSR count). The minimum atomic E-state index is -4.86. The van der Waals surface area contributed by atoms with Crippen LogP contribution in [0, 0.1) is 0 Å². The Kier molecular flexibility index (Phi) is 4.95. The fourth-order valence-electron chi connectivity index (χ4n) is 2.03. The fraction of sp³-hybridized carbons (Fsp3) is 0.357. The summed E-state index contributed by atoms with van der Waals surface area (Å²) in [6.07, 6.45) is -10.3. The molecule has 0 amide bonds. The number of nitrogens with zero attached hydrogens (tertiary/aromatic N) is 2. The largest absolute Gasteiger partial charge is 0.573 e. The summed E-state index contributed by atoms with van der Waals surface area (Å²) in [5, 5.41) is 6.64. The maximum Gasteiger partial charge on any atom is 0.573 e. The second-order valence-electron chi connectivity index (χ2n) is 4.83. The molecule has 0 aliphatic rings. The Balaban J connectivity index is 2.33. The van der Waals surface area contributed by atoms with Crippen molar-refractivity contribution < 1.29 is 31.1 Å². The Hall–Kier alpha value is -2.39. The van der Waals surface area contributed by atoms with E-state index in [0.29, 0.717) is 5.82 Å². The first-order valence-corrected chi connectivity index (χ1v) is 6.76. The standard InChI is InChI=1S/C14H13F6N3O/c1-21-12-8-11(23(22-12)6-5-13(15,16)17)9-3-2-4-10(7-9)24-14(18,19)20/h2-4,7-8H,5-6H2,1H3,(H,21,22). The normalized spacial score (nSPS) is 12.3. The van der Waals surface area contributed by atoms with Crippen molar-refractivity contribution in [2.75, 3.05) is 12.4 Å². The molecule has 0 aliphatic heterocycles. The maximum atomic E-state index is 12.4. The summed E-state index contributed by atoms with van der Waals surface area (Å²) in [7, 11) is 1.53. The van der Waals surface area contributed by atoms with E-state index in [9.17, 15) is 26.3 Å². The average Bonchev–Trinajstić information content (AvgIpc) is 2.86. The summed E-state index contributed by atoms with van der Waals surface area (Å²) in [5.74, 6) is -0.163. The van der Waals surface area contributed by atoms with Crippen LogP contribution in [0.3, 0.4) is 0 Å². The molecule has 0 radical (unpaired) electrons. The van der Waals surface area contributed by atoms with Gasteiger partial charge in [0.1, 0.15) is 11.6 Å². The molecule has 1 N–H and O–H groups in total. The van der Waals surface area contributed by atoms with Crippen molar-refractivity contribution in [1.29, 1.82) is 0 Å². The van der Waals surface area contributed by atoms with Gasteiger partial charge in [0, 0.05) is 18.7 Å². The molecular formula is C14H13F6N3O. The first-order valence-electron chi connectivity index (χ1n) is 6.76. The van der Waals surface area contributed by atoms with Crippen molar-refractivity contribution in [3.8, 4) is 17.0 Å². The second-order valence-corrected chi connectivity index (χ2v) is 4.83. The molecule has 132 valence electrons. The van der Waals surface area contributed by atoms with Gasteiger partial charge in [-0.2, -0.15) is 18.3 Å². The fourth-order valence-corrected chi connectivity index (χ4v) is 2.03. The van der Waals surface area contributed by atoms with Gasteiger partial charge >= 0.3 is 12.5 Å². The summed E-state index contributed by atoms with van der Waals surface area (Å²) < 4.78 is 79.0. The molecule has 24 heavy (non-hydrogen) atoms. The Morgan fingerprint density at radius 1 is 1.12 bits per heavy atom. The topological polar surface area (TPSA) is 39.1 Å². The van der Waals surface area contributed by atoms with E-state index in [4.69, 9.17) is 0 Å². The zero-order valence-corrected chi connectivity index (χ0v) is 12.4. The maximum absolute atomic E-state index is 12.4. The van der Waals surface area contributed by atoms with E-state index in [1.165, 1.54) is 25.2 Å². The van der Waals surface area contributed by atoms with Crippen molar-refractivity contribution in [2.24, 2.45) is 0 Å². The minimum Gasteiger partial charge on any atom is -0.406 e. The molecule has 10 heteroatoms. The van der Waals surface area contributed by atoms with Crippen LogP contribution in [0.1, 0.15) is 6.42 Å². The van der Waals surface area contributed by atoms with Crippen molar-refractivity contribution in [1.82, 2.24) is 9.78 Å². The minimum absolute atomic E-state index is 0.247. The quantitative estimate of drug-likeness (QED) is 0.808. The summed E-state index contributed by atoms with van der Waals surface area (Å²) in [4.78, 5) is 0. The lowest BCUT2D eigenvalue weighted by molar-refractivity contribution is -0.274. The number of aromatic nitrogens is 2. The lowest BCUT2D eigenvalue weighted by Crippen LogP contribution is -2.17. The van der Waals surface area contributed by atoms with Crippen LogP contribution in [0.15, 0.2) is 30.3 Å². The first-order chi connectivity index (χ1) is 11.1. The number of alkyl halides is 6. The Bertz CT molecular complexity index is 693. The summed E-state index contributed by atoms with van der Waals surface area (Å²) in [6.45, 7) is -0.454. The highest BCUT2D eigenvalue weighted by atomic mass is 19.4. The number of hydrogen-bond acceptors (Lipinski definition) is 3. The van der Waals surface area contributed by atoms with E-state index in [2.05, 4.69) is 15.2 Å². The Morgan fingerprint density at radius 3 is 2.42 bits per heavy atom. The van der Waals surface area contributed by atoms with E-state index in [0.717, 1.165) is 16.8 Å². The number of ether oxygens (including phenoxy) is 1. The second kappa shape index (κ2) is 6.62. The zero-order chi connectivity index (χ0) is 18.0. The summed E-state index contributed by atoms with van der Waals surface area (Å²) in [6, 6.07) is 6.42. The molecule has 2 aromatic rings. The molecule has 1 heterocycles. The van der Waals surface area contributed by atoms with Crippen LogP contribution in [0.4, 0.5) is 32.2 Å². The SMILES string of the molecule is CNc1cc(-c2cccc(OC(F)(F)F)c2)n(CCC(F)(F)F)n1. The smallest absolute Gasteiger partial charge is 0.406 e. The average molecular weight is 353 g/mol. The van der Waals surface area contributed by atoms with Crippen LogP contribution in [0.25, 0.3) is 11.3 Å². The zero-order valence-electron chi connectivity index (χ0n) is 12.4. The van der Waals surface area contributed by atoms with E-state index >= 15 is 0 Å². The molecule has 4 nitrogen and oxygen atoms in total. The molecule has 0 spiro atoms. The van der Waals surface area contributed by atoms with Gasteiger partial charge in [-0.3, -0.25) is 4.68 Å². The van der Waals surface area contributed by atoms with Crippen LogP contribution in [0.2, 0.25) is 0 Å². The molecule has 0 saturated heterocycles. The highest BCUT2D eigenvalue weighted by Gasteiger charge is 2.31. The van der Waals surface area contributed by atoms with Gasteiger partial charge in [-0.15, -0.1) is 13.2 Å². The van der Waals surface area contributed by atoms with E-state index in [1.54, 1.807) is 0 Å². The molecule has 1 aromatic carbocycles. The molecule has 0 fully saturated rings. The van der Waals surface area contributed by atoms with Gasteiger partial charge in [0.2, 0.25) is 0 Å². The highest BCUT2D eigenvalue weighted by molar-refractivity contribution is 5.65. The van der Waals surface area contributed by atoms with Gasteiger partial charge in [-0.25, -0.2) is 0 Å².